The van der Waals surface area contributed by atoms with Crippen LogP contribution in [0.3, 0.4) is 0 Å². The first-order valence-corrected chi connectivity index (χ1v) is 8.97. The number of imidazole rings is 1. The van der Waals surface area contributed by atoms with Gasteiger partial charge in [0.1, 0.15) is 13.2 Å². The van der Waals surface area contributed by atoms with E-state index in [0.717, 1.165) is 11.3 Å². The molecule has 0 bridgehead atoms. The van der Waals surface area contributed by atoms with Crippen LogP contribution in [0.5, 0.6) is 5.88 Å². The predicted molar refractivity (Wildman–Crippen MR) is 91.4 cm³/mol. The Morgan fingerprint density at radius 1 is 1.36 bits per heavy atom. The lowest BCUT2D eigenvalue weighted by atomic mass is 10.3. The third-order valence-electron chi connectivity index (χ3n) is 3.68. The van der Waals surface area contributed by atoms with Crippen molar-refractivity contribution < 1.29 is 37.0 Å². The molecular formula is C16H12ClF3N3O4S+. The Kier molecular flexibility index (Phi) is 5.57. The lowest BCUT2D eigenvalue weighted by Crippen LogP contribution is -2.23. The molecule has 0 aromatic carbocycles. The lowest BCUT2D eigenvalue weighted by Gasteiger charge is -2.06. The fourth-order valence-corrected chi connectivity index (χ4v) is 3.47. The molecule has 0 radical (unpaired) electrons. The monoisotopic (exact) mass is 434 g/mol. The summed E-state index contributed by atoms with van der Waals surface area (Å²) in [6.45, 7) is -0.942. The minimum atomic E-state index is -4.53. The van der Waals surface area contributed by atoms with Crippen LogP contribution in [-0.4, -0.2) is 39.2 Å². The summed E-state index contributed by atoms with van der Waals surface area (Å²) >= 11 is 6.94. The summed E-state index contributed by atoms with van der Waals surface area (Å²) < 4.78 is 43.9. The molecule has 0 aliphatic rings. The Bertz CT molecular complexity index is 1050. The standard InChI is InChI=1S/C16H11ClF3N3O4S/c17-15-21-7-9(28-15)8-23-10-3-1-2-5-22(10)13(25)11(23)12(24)14(26)27-6-4-16(18,19)20/h1-3,5,7H,4,6,8H2/p+1. The molecule has 148 valence electrons. The largest absolute Gasteiger partial charge is 0.474 e. The van der Waals surface area contributed by atoms with E-state index in [-0.39, 0.29) is 11.0 Å². The normalized spacial score (nSPS) is 11.7. The highest BCUT2D eigenvalue weighted by Crippen LogP contribution is 2.24. The molecule has 0 fully saturated rings. The molecule has 3 aromatic heterocycles. The fourth-order valence-electron chi connectivity index (χ4n) is 2.50. The Morgan fingerprint density at radius 3 is 2.75 bits per heavy atom. The van der Waals surface area contributed by atoms with Crippen molar-refractivity contribution in [2.45, 2.75) is 19.1 Å². The van der Waals surface area contributed by atoms with Crippen LogP contribution < -0.4 is 4.40 Å². The zero-order chi connectivity index (χ0) is 20.5. The van der Waals surface area contributed by atoms with Gasteiger partial charge in [-0.15, -0.1) is 11.3 Å². The number of carbonyl (C=O) groups is 2. The van der Waals surface area contributed by atoms with E-state index in [0.29, 0.717) is 10.5 Å². The van der Waals surface area contributed by atoms with E-state index >= 15 is 0 Å². The molecular weight excluding hydrogens is 423 g/mol. The number of rotatable bonds is 6. The van der Waals surface area contributed by atoms with Gasteiger partial charge in [0.05, 0.1) is 17.5 Å². The van der Waals surface area contributed by atoms with Crippen LogP contribution in [-0.2, 0) is 16.1 Å². The number of pyridine rings is 1. The Morgan fingerprint density at radius 2 is 2.11 bits per heavy atom. The van der Waals surface area contributed by atoms with Gasteiger partial charge in [-0.25, -0.2) is 14.3 Å². The van der Waals surface area contributed by atoms with E-state index in [9.17, 15) is 27.9 Å². The molecule has 0 atom stereocenters. The van der Waals surface area contributed by atoms with Gasteiger partial charge in [-0.3, -0.25) is 4.79 Å². The summed E-state index contributed by atoms with van der Waals surface area (Å²) in [7, 11) is 0. The second-order valence-corrected chi connectivity index (χ2v) is 7.29. The summed E-state index contributed by atoms with van der Waals surface area (Å²) in [5, 5.41) is 10.4. The number of ether oxygens (including phenoxy) is 1. The van der Waals surface area contributed by atoms with E-state index in [1.807, 2.05) is 0 Å². The maximum absolute atomic E-state index is 12.5. The van der Waals surface area contributed by atoms with Gasteiger partial charge in [0.15, 0.2) is 4.47 Å². The summed E-state index contributed by atoms with van der Waals surface area (Å²) in [4.78, 5) is 29.0. The Hall–Kier alpha value is -2.66. The number of fused-ring (bicyclic) bond motifs is 1. The number of ketones is 1. The first kappa shape index (κ1) is 20.1. The van der Waals surface area contributed by atoms with Crippen molar-refractivity contribution in [2.75, 3.05) is 6.61 Å². The molecule has 3 heterocycles. The summed E-state index contributed by atoms with van der Waals surface area (Å²) in [6, 6.07) is 4.84. The third kappa shape index (κ3) is 4.25. The molecule has 0 saturated carbocycles. The zero-order valence-electron chi connectivity index (χ0n) is 13.9. The summed E-state index contributed by atoms with van der Waals surface area (Å²) in [6.07, 6.45) is -2.97. The first-order valence-electron chi connectivity index (χ1n) is 7.77. The van der Waals surface area contributed by atoms with Gasteiger partial charge in [-0.2, -0.15) is 17.6 Å². The molecule has 0 saturated heterocycles. The zero-order valence-corrected chi connectivity index (χ0v) is 15.5. The highest BCUT2D eigenvalue weighted by molar-refractivity contribution is 7.15. The first-order chi connectivity index (χ1) is 13.2. The average molecular weight is 435 g/mol. The molecule has 0 unspecified atom stereocenters. The number of nitrogens with zero attached hydrogens (tertiary/aromatic N) is 3. The number of thiazole rings is 1. The van der Waals surface area contributed by atoms with E-state index < -0.39 is 42.5 Å². The number of Topliss-reactive ketones (excluding diaryl/α,β-unsaturated/α-hetero) is 1. The second-order valence-electron chi connectivity index (χ2n) is 5.60. The molecule has 0 spiro atoms. The highest BCUT2D eigenvalue weighted by Gasteiger charge is 2.36. The molecule has 3 rings (SSSR count). The van der Waals surface area contributed by atoms with Crippen LogP contribution in [0.2, 0.25) is 4.47 Å². The minimum Gasteiger partial charge on any atom is -0.474 e. The van der Waals surface area contributed by atoms with Gasteiger partial charge in [0, 0.05) is 12.3 Å². The van der Waals surface area contributed by atoms with Crippen LogP contribution >= 0.6 is 22.9 Å². The van der Waals surface area contributed by atoms with Gasteiger partial charge in [0.25, 0.3) is 11.3 Å². The number of hydrogen-bond donors (Lipinski definition) is 1. The van der Waals surface area contributed by atoms with Gasteiger partial charge in [-0.05, 0) is 6.07 Å². The maximum Gasteiger partial charge on any atom is 0.392 e. The number of esters is 1. The summed E-state index contributed by atoms with van der Waals surface area (Å²) in [5.74, 6) is -3.30. The van der Waals surface area contributed by atoms with Gasteiger partial charge in [0.2, 0.25) is 0 Å². The smallest absolute Gasteiger partial charge is 0.392 e. The van der Waals surface area contributed by atoms with Crippen molar-refractivity contribution in [3.8, 4) is 5.88 Å². The molecule has 3 aromatic rings. The van der Waals surface area contributed by atoms with Crippen molar-refractivity contribution >= 4 is 40.3 Å². The average Bonchev–Trinajstić information content (AvgIpc) is 3.15. The highest BCUT2D eigenvalue weighted by atomic mass is 35.5. The van der Waals surface area contributed by atoms with Crippen LogP contribution in [0.25, 0.3) is 5.65 Å². The van der Waals surface area contributed by atoms with Crippen LogP contribution in [0, 0.1) is 0 Å². The van der Waals surface area contributed by atoms with Crippen LogP contribution in [0.15, 0.2) is 30.6 Å². The van der Waals surface area contributed by atoms with E-state index in [1.165, 1.54) is 21.4 Å². The molecule has 28 heavy (non-hydrogen) atoms. The van der Waals surface area contributed by atoms with Gasteiger partial charge < -0.3 is 9.84 Å². The quantitative estimate of drug-likeness (QED) is 0.279. The number of aromatic nitrogens is 3. The number of halogens is 4. The third-order valence-corrected chi connectivity index (χ3v) is 4.78. The second kappa shape index (κ2) is 7.76. The SMILES string of the molecule is O=C(OCCC(F)(F)F)C(=O)c1c(O)[n+]2ccccc2n1Cc1cnc(Cl)s1. The minimum absolute atomic E-state index is 0.0510. The number of carbonyl (C=O) groups excluding carboxylic acids is 2. The number of hydrogen-bond acceptors (Lipinski definition) is 6. The van der Waals surface area contributed by atoms with Gasteiger partial charge >= 0.3 is 23.8 Å². The molecule has 0 aliphatic heterocycles. The molecule has 12 heteroatoms. The van der Waals surface area contributed by atoms with Crippen molar-refractivity contribution in [2.24, 2.45) is 0 Å². The fraction of sp³-hybridized carbons (Fsp3) is 0.250. The summed E-state index contributed by atoms with van der Waals surface area (Å²) in [5.41, 5.74) is -0.0382. The molecule has 0 aliphatic carbocycles. The lowest BCUT2D eigenvalue weighted by molar-refractivity contribution is -0.521. The van der Waals surface area contributed by atoms with Crippen molar-refractivity contribution in [3.05, 3.63) is 45.6 Å². The van der Waals surface area contributed by atoms with Crippen LogP contribution in [0.1, 0.15) is 21.8 Å². The van der Waals surface area contributed by atoms with Crippen molar-refractivity contribution in [1.29, 1.82) is 0 Å². The maximum atomic E-state index is 12.5. The number of alkyl halides is 3. The van der Waals surface area contributed by atoms with Crippen molar-refractivity contribution in [1.82, 2.24) is 9.55 Å². The van der Waals surface area contributed by atoms with E-state index in [4.69, 9.17) is 11.6 Å². The topological polar surface area (TPSA) is 85.5 Å². The van der Waals surface area contributed by atoms with E-state index in [2.05, 4.69) is 9.72 Å². The number of aromatic hydroxyl groups is 1. The van der Waals surface area contributed by atoms with E-state index in [1.54, 1.807) is 18.2 Å². The van der Waals surface area contributed by atoms with Crippen molar-refractivity contribution in [3.63, 3.8) is 0 Å². The molecule has 1 N–H and O–H groups in total. The predicted octanol–water partition coefficient (Wildman–Crippen LogP) is 2.77. The molecule has 0 amide bonds. The Balaban J connectivity index is 1.95. The van der Waals surface area contributed by atoms with Gasteiger partial charge in [-0.1, -0.05) is 17.7 Å². The molecule has 7 nitrogen and oxygen atoms in total. The Labute approximate surface area is 164 Å². The van der Waals surface area contributed by atoms with Crippen LogP contribution in [0.4, 0.5) is 13.2 Å².